The van der Waals surface area contributed by atoms with Gasteiger partial charge in [0.05, 0.1) is 3.57 Å². The third-order valence-electron chi connectivity index (χ3n) is 1.69. The number of phenolic OH excluding ortho intramolecular Hbond substituents is 1. The Hall–Kier alpha value is -1.80. The fraction of sp³-hybridized carbons (Fsp3) is 0.100. The third kappa shape index (κ3) is 2.23. The number of esters is 1. The lowest BCUT2D eigenvalue weighted by molar-refractivity contribution is -0.131. The lowest BCUT2D eigenvalue weighted by atomic mass is 10.1. The Labute approximate surface area is 105 Å². The number of nitrogens with zero attached hydrogens (tertiary/aromatic N) is 2. The molecule has 5 nitrogen and oxygen atoms in total. The van der Waals surface area contributed by atoms with Crippen molar-refractivity contribution >= 4 is 28.6 Å². The monoisotopic (exact) mass is 328 g/mol. The van der Waals surface area contributed by atoms with Crippen LogP contribution in [0.3, 0.4) is 0 Å². The Kier molecular flexibility index (Phi) is 3.69. The van der Waals surface area contributed by atoms with Crippen LogP contribution in [-0.2, 0) is 4.79 Å². The van der Waals surface area contributed by atoms with Crippen LogP contribution < -0.4 is 4.74 Å². The Morgan fingerprint density at radius 3 is 2.44 bits per heavy atom. The quantitative estimate of drug-likeness (QED) is 0.481. The van der Waals surface area contributed by atoms with Crippen LogP contribution in [0.1, 0.15) is 18.1 Å². The fourth-order valence-electron chi connectivity index (χ4n) is 1.07. The van der Waals surface area contributed by atoms with Gasteiger partial charge in [-0.05, 0) is 28.7 Å². The first-order chi connectivity index (χ1) is 7.51. The molecule has 0 aliphatic rings. The number of carbonyl (C=O) groups excluding carboxylic acids is 1. The SMILES string of the molecule is CC(=O)Oc1cc(I)c(O)c(C#N)c1C#N. The van der Waals surface area contributed by atoms with Crippen LogP contribution in [0.5, 0.6) is 11.5 Å². The summed E-state index contributed by atoms with van der Waals surface area (Å²) in [4.78, 5) is 10.8. The van der Waals surface area contributed by atoms with Gasteiger partial charge in [-0.15, -0.1) is 0 Å². The number of carbonyl (C=O) groups is 1. The highest BCUT2D eigenvalue weighted by Crippen LogP contribution is 2.33. The maximum absolute atomic E-state index is 10.8. The number of hydrogen-bond acceptors (Lipinski definition) is 5. The summed E-state index contributed by atoms with van der Waals surface area (Å²) in [6.45, 7) is 1.19. The van der Waals surface area contributed by atoms with Crippen molar-refractivity contribution in [1.82, 2.24) is 0 Å². The van der Waals surface area contributed by atoms with E-state index in [0.717, 1.165) is 0 Å². The molecule has 0 saturated carbocycles. The number of halogens is 1. The molecule has 0 bridgehead atoms. The van der Waals surface area contributed by atoms with Gasteiger partial charge in [0.1, 0.15) is 29.0 Å². The lowest BCUT2D eigenvalue weighted by Gasteiger charge is -2.07. The minimum Gasteiger partial charge on any atom is -0.505 e. The van der Waals surface area contributed by atoms with E-state index in [1.54, 1.807) is 34.7 Å². The second-order valence-corrected chi connectivity index (χ2v) is 3.93. The number of nitriles is 2. The third-order valence-corrected chi connectivity index (χ3v) is 2.52. The number of rotatable bonds is 1. The topological polar surface area (TPSA) is 94.1 Å². The van der Waals surface area contributed by atoms with Crippen LogP contribution in [0.4, 0.5) is 0 Å². The molecule has 1 aromatic carbocycles. The van der Waals surface area contributed by atoms with Crippen molar-refractivity contribution in [3.63, 3.8) is 0 Å². The Bertz CT molecular complexity index is 540. The van der Waals surface area contributed by atoms with Gasteiger partial charge >= 0.3 is 5.97 Å². The number of hydrogen-bond donors (Lipinski definition) is 1. The first-order valence-electron chi connectivity index (χ1n) is 4.05. The molecule has 0 fully saturated rings. The summed E-state index contributed by atoms with van der Waals surface area (Å²) < 4.78 is 5.12. The zero-order chi connectivity index (χ0) is 12.3. The van der Waals surface area contributed by atoms with E-state index in [2.05, 4.69) is 0 Å². The number of benzene rings is 1. The molecule has 0 amide bonds. The molecule has 0 aliphatic carbocycles. The number of aromatic hydroxyl groups is 1. The van der Waals surface area contributed by atoms with Crippen LogP contribution >= 0.6 is 22.6 Å². The standard InChI is InChI=1S/C10H5IN2O3/c1-5(14)16-9-2-8(11)10(15)7(4-13)6(9)3-12/h2,15H,1H3. The van der Waals surface area contributed by atoms with Crippen LogP contribution in [0, 0.1) is 26.2 Å². The second kappa shape index (κ2) is 4.81. The minimum atomic E-state index is -0.595. The molecule has 1 rings (SSSR count). The average molecular weight is 328 g/mol. The molecule has 0 atom stereocenters. The van der Waals surface area contributed by atoms with Crippen LogP contribution in [0.2, 0.25) is 0 Å². The molecule has 0 unspecified atom stereocenters. The van der Waals surface area contributed by atoms with Crippen molar-refractivity contribution in [1.29, 1.82) is 10.5 Å². The summed E-state index contributed by atoms with van der Waals surface area (Å²) in [5.74, 6) is -0.897. The highest BCUT2D eigenvalue weighted by Gasteiger charge is 2.18. The summed E-state index contributed by atoms with van der Waals surface area (Å²) in [6, 6.07) is 4.76. The minimum absolute atomic E-state index is 0.0197. The summed E-state index contributed by atoms with van der Waals surface area (Å²) in [5.41, 5.74) is -0.332. The summed E-state index contributed by atoms with van der Waals surface area (Å²) in [5, 5.41) is 27.2. The Balaban J connectivity index is 3.53. The van der Waals surface area contributed by atoms with E-state index >= 15 is 0 Å². The van der Waals surface area contributed by atoms with Crippen LogP contribution in [0.25, 0.3) is 0 Å². The van der Waals surface area contributed by atoms with Gasteiger partial charge in [0.15, 0.2) is 5.75 Å². The summed E-state index contributed by atoms with van der Waals surface area (Å²) in [6.07, 6.45) is 0. The lowest BCUT2D eigenvalue weighted by Crippen LogP contribution is -2.04. The first-order valence-corrected chi connectivity index (χ1v) is 5.13. The van der Waals surface area contributed by atoms with Gasteiger partial charge in [-0.2, -0.15) is 10.5 Å². The molecule has 0 aromatic heterocycles. The normalized spacial score (nSPS) is 9.00. The molecule has 1 aromatic rings. The van der Waals surface area contributed by atoms with Gasteiger partial charge in [-0.1, -0.05) is 0 Å². The van der Waals surface area contributed by atoms with Crippen molar-refractivity contribution in [2.45, 2.75) is 6.92 Å². The van der Waals surface area contributed by atoms with Gasteiger partial charge in [-0.3, -0.25) is 4.79 Å². The predicted molar refractivity (Wildman–Crippen MR) is 61.6 cm³/mol. The highest BCUT2D eigenvalue weighted by molar-refractivity contribution is 14.1. The van der Waals surface area contributed by atoms with Gasteiger partial charge in [0.2, 0.25) is 0 Å². The van der Waals surface area contributed by atoms with Crippen molar-refractivity contribution in [3.05, 3.63) is 20.8 Å². The smallest absolute Gasteiger partial charge is 0.308 e. The van der Waals surface area contributed by atoms with Gasteiger partial charge in [0, 0.05) is 6.92 Å². The van der Waals surface area contributed by atoms with E-state index in [4.69, 9.17) is 15.3 Å². The van der Waals surface area contributed by atoms with Crippen molar-refractivity contribution in [2.24, 2.45) is 0 Å². The molecule has 0 saturated heterocycles. The Morgan fingerprint density at radius 1 is 1.44 bits per heavy atom. The molecule has 80 valence electrons. The van der Waals surface area contributed by atoms with Crippen molar-refractivity contribution < 1.29 is 14.6 Å². The number of phenols is 1. The van der Waals surface area contributed by atoms with E-state index < -0.39 is 5.97 Å². The predicted octanol–water partition coefficient (Wildman–Crippen LogP) is 1.67. The molecule has 6 heteroatoms. The van der Waals surface area contributed by atoms with Crippen LogP contribution in [0.15, 0.2) is 6.07 Å². The molecule has 0 heterocycles. The van der Waals surface area contributed by atoms with Gasteiger partial charge < -0.3 is 9.84 Å². The molecular formula is C10H5IN2O3. The van der Waals surface area contributed by atoms with Crippen LogP contribution in [-0.4, -0.2) is 11.1 Å². The number of ether oxygens (including phenoxy) is 1. The van der Waals surface area contributed by atoms with E-state index in [9.17, 15) is 9.90 Å². The molecule has 0 spiro atoms. The van der Waals surface area contributed by atoms with Crippen molar-refractivity contribution in [2.75, 3.05) is 0 Å². The zero-order valence-corrected chi connectivity index (χ0v) is 10.3. The van der Waals surface area contributed by atoms with E-state index in [1.807, 2.05) is 0 Å². The van der Waals surface area contributed by atoms with Crippen molar-refractivity contribution in [3.8, 4) is 23.6 Å². The molecule has 1 N–H and O–H groups in total. The Morgan fingerprint density at radius 2 is 2.00 bits per heavy atom. The fourth-order valence-corrected chi connectivity index (χ4v) is 1.62. The maximum atomic E-state index is 10.8. The van der Waals surface area contributed by atoms with E-state index in [1.165, 1.54) is 13.0 Å². The first kappa shape index (κ1) is 12.3. The zero-order valence-electron chi connectivity index (χ0n) is 8.11. The average Bonchev–Trinajstić information content (AvgIpc) is 2.21. The summed E-state index contributed by atoms with van der Waals surface area (Å²) >= 11 is 1.78. The highest BCUT2D eigenvalue weighted by atomic mass is 127. The largest absolute Gasteiger partial charge is 0.505 e. The molecule has 0 aliphatic heterocycles. The van der Waals surface area contributed by atoms with Gasteiger partial charge in [-0.25, -0.2) is 0 Å². The molecule has 0 radical (unpaired) electrons. The van der Waals surface area contributed by atoms with E-state index in [-0.39, 0.29) is 22.6 Å². The maximum Gasteiger partial charge on any atom is 0.308 e. The summed E-state index contributed by atoms with van der Waals surface area (Å²) in [7, 11) is 0. The molecule has 16 heavy (non-hydrogen) atoms. The second-order valence-electron chi connectivity index (χ2n) is 2.77. The van der Waals surface area contributed by atoms with Gasteiger partial charge in [0.25, 0.3) is 0 Å². The molecular weight excluding hydrogens is 323 g/mol. The van der Waals surface area contributed by atoms with E-state index in [0.29, 0.717) is 3.57 Å².